The van der Waals surface area contributed by atoms with Crippen LogP contribution >= 0.6 is 0 Å². The van der Waals surface area contributed by atoms with Crippen molar-refractivity contribution >= 4 is 29.4 Å². The summed E-state index contributed by atoms with van der Waals surface area (Å²) in [5, 5.41) is 0.735. The zero-order chi connectivity index (χ0) is 12.3. The number of nitrogen functional groups attached to an aromatic ring is 1. The molecule has 0 saturated heterocycles. The van der Waals surface area contributed by atoms with Gasteiger partial charge >= 0.3 is 0 Å². The molecule has 2 aromatic rings. The fourth-order valence-electron chi connectivity index (χ4n) is 1.41. The molecule has 1 amide bonds. The van der Waals surface area contributed by atoms with Crippen molar-refractivity contribution in [3.05, 3.63) is 29.5 Å². The van der Waals surface area contributed by atoms with Gasteiger partial charge in [0.05, 0.1) is 5.69 Å². The molecule has 2 rings (SSSR count). The van der Waals surface area contributed by atoms with E-state index in [9.17, 15) is 4.79 Å². The van der Waals surface area contributed by atoms with E-state index in [1.54, 1.807) is 6.07 Å². The summed E-state index contributed by atoms with van der Waals surface area (Å²) in [6.07, 6.45) is 0. The van der Waals surface area contributed by atoms with Crippen molar-refractivity contribution in [2.24, 2.45) is 5.73 Å². The Hall–Kier alpha value is -2.30. The van der Waals surface area contributed by atoms with Crippen LogP contribution in [0.1, 0.15) is 16.1 Å². The minimum absolute atomic E-state index is 0.0330. The fourth-order valence-corrected chi connectivity index (χ4v) is 1.41. The van der Waals surface area contributed by atoms with Crippen molar-refractivity contribution in [3.63, 3.8) is 0 Å². The summed E-state index contributed by atoms with van der Waals surface area (Å²) in [5.41, 5.74) is 12.8. The molecule has 0 fully saturated rings. The van der Waals surface area contributed by atoms with Gasteiger partial charge in [0, 0.05) is 5.39 Å². The van der Waals surface area contributed by atoms with Crippen LogP contribution in [0, 0.1) is 6.92 Å². The van der Waals surface area contributed by atoms with E-state index in [1.807, 2.05) is 25.8 Å². The summed E-state index contributed by atoms with van der Waals surface area (Å²) in [6, 6.07) is 5.52. The predicted octanol–water partition coefficient (Wildman–Crippen LogP) is 1.24. The minimum atomic E-state index is -0.642. The molecule has 16 heavy (non-hydrogen) atoms. The molecule has 0 aliphatic carbocycles. The maximum atomic E-state index is 10.9. The van der Waals surface area contributed by atoms with Crippen LogP contribution in [0.25, 0.3) is 11.0 Å². The lowest BCUT2D eigenvalue weighted by molar-refractivity contribution is -0.0979. The normalized spacial score (nSPS) is 9.56. The number of rotatable bonds is 1. The number of benzene rings is 1. The number of furan rings is 1. The number of fused-ring (bicyclic) bond motifs is 1. The summed E-state index contributed by atoms with van der Waals surface area (Å²) < 4.78 is 5.22. The number of carbonyl (C=O) groups is 2. The molecular formula is C11H12N2O3. The van der Waals surface area contributed by atoms with Crippen LogP contribution in [-0.2, 0) is 4.79 Å². The van der Waals surface area contributed by atoms with E-state index in [4.69, 9.17) is 20.7 Å². The summed E-state index contributed by atoms with van der Waals surface area (Å²) in [5.74, 6) is -0.609. The van der Waals surface area contributed by atoms with Gasteiger partial charge in [0.15, 0.2) is 0 Å². The quantitative estimate of drug-likeness (QED) is 0.755. The Bertz CT molecular complexity index is 531. The maximum absolute atomic E-state index is 10.9. The van der Waals surface area contributed by atoms with Gasteiger partial charge in [-0.15, -0.1) is 0 Å². The molecule has 84 valence electrons. The average Bonchev–Trinajstić information content (AvgIpc) is 2.59. The van der Waals surface area contributed by atoms with Crippen molar-refractivity contribution in [3.8, 4) is 0 Å². The van der Waals surface area contributed by atoms with E-state index in [2.05, 4.69) is 0 Å². The Morgan fingerprint density at radius 1 is 1.38 bits per heavy atom. The SMILES string of the molecule is C=O.Cc1ccc2oc(C(N)=O)c(N)c2c1. The van der Waals surface area contributed by atoms with Crippen LogP contribution in [0.3, 0.4) is 0 Å². The second-order valence-electron chi connectivity index (χ2n) is 3.21. The first-order valence-electron chi connectivity index (χ1n) is 4.47. The molecule has 5 nitrogen and oxygen atoms in total. The molecule has 1 aromatic carbocycles. The van der Waals surface area contributed by atoms with Crippen LogP contribution < -0.4 is 11.5 Å². The number of hydrogen-bond acceptors (Lipinski definition) is 4. The van der Waals surface area contributed by atoms with Crippen molar-refractivity contribution < 1.29 is 14.0 Å². The first-order valence-corrected chi connectivity index (χ1v) is 4.47. The van der Waals surface area contributed by atoms with Gasteiger partial charge in [0.25, 0.3) is 5.91 Å². The highest BCUT2D eigenvalue weighted by Crippen LogP contribution is 2.28. The smallest absolute Gasteiger partial charge is 0.286 e. The van der Waals surface area contributed by atoms with Gasteiger partial charge in [-0.25, -0.2) is 0 Å². The number of primary amides is 1. The topological polar surface area (TPSA) is 99.3 Å². The average molecular weight is 220 g/mol. The highest BCUT2D eigenvalue weighted by molar-refractivity contribution is 6.04. The molecule has 1 aromatic heterocycles. The number of hydrogen-bond donors (Lipinski definition) is 2. The van der Waals surface area contributed by atoms with Crippen molar-refractivity contribution in [2.45, 2.75) is 6.92 Å². The third-order valence-corrected chi connectivity index (χ3v) is 2.11. The van der Waals surface area contributed by atoms with Gasteiger partial charge in [-0.1, -0.05) is 11.6 Å². The molecule has 0 aliphatic rings. The summed E-state index contributed by atoms with van der Waals surface area (Å²) >= 11 is 0. The molecule has 0 atom stereocenters. The van der Waals surface area contributed by atoms with Gasteiger partial charge in [-0.2, -0.15) is 0 Å². The van der Waals surface area contributed by atoms with E-state index in [0.717, 1.165) is 10.9 Å². The maximum Gasteiger partial charge on any atom is 0.286 e. The summed E-state index contributed by atoms with van der Waals surface area (Å²) in [6.45, 7) is 3.94. The van der Waals surface area contributed by atoms with Crippen molar-refractivity contribution in [2.75, 3.05) is 5.73 Å². The number of aryl methyl sites for hydroxylation is 1. The molecule has 0 radical (unpaired) electrons. The lowest BCUT2D eigenvalue weighted by Crippen LogP contribution is -2.11. The van der Waals surface area contributed by atoms with Crippen LogP contribution in [0.4, 0.5) is 5.69 Å². The standard InChI is InChI=1S/C10H10N2O2.CH2O/c1-5-2-3-7-6(4-5)8(11)9(14-7)10(12)13;1-2/h2-4H,11H2,1H3,(H2,12,13);1H2. The fraction of sp³-hybridized carbons (Fsp3) is 0.0909. The number of carbonyl (C=O) groups excluding carboxylic acids is 2. The van der Waals surface area contributed by atoms with Gasteiger partial charge in [0.1, 0.15) is 12.4 Å². The van der Waals surface area contributed by atoms with E-state index in [1.165, 1.54) is 0 Å². The lowest BCUT2D eigenvalue weighted by atomic mass is 10.1. The number of amides is 1. The zero-order valence-corrected chi connectivity index (χ0v) is 8.82. The zero-order valence-electron chi connectivity index (χ0n) is 8.82. The second-order valence-corrected chi connectivity index (χ2v) is 3.21. The predicted molar refractivity (Wildman–Crippen MR) is 61.0 cm³/mol. The van der Waals surface area contributed by atoms with E-state index in [0.29, 0.717) is 11.3 Å². The Kier molecular flexibility index (Phi) is 3.30. The molecule has 0 spiro atoms. The van der Waals surface area contributed by atoms with Crippen LogP contribution in [0.5, 0.6) is 0 Å². The molecule has 0 aliphatic heterocycles. The second kappa shape index (κ2) is 4.48. The van der Waals surface area contributed by atoms with Gasteiger partial charge in [-0.05, 0) is 19.1 Å². The first-order chi connectivity index (χ1) is 7.59. The number of anilines is 1. The molecule has 5 heteroatoms. The van der Waals surface area contributed by atoms with Gasteiger partial charge in [0.2, 0.25) is 5.76 Å². The van der Waals surface area contributed by atoms with E-state index < -0.39 is 5.91 Å². The lowest BCUT2D eigenvalue weighted by Gasteiger charge is -1.91. The van der Waals surface area contributed by atoms with E-state index in [-0.39, 0.29) is 5.76 Å². The van der Waals surface area contributed by atoms with Crippen LogP contribution in [0.15, 0.2) is 22.6 Å². The number of nitrogens with two attached hydrogens (primary N) is 2. The monoisotopic (exact) mass is 220 g/mol. The molecule has 1 heterocycles. The van der Waals surface area contributed by atoms with E-state index >= 15 is 0 Å². The summed E-state index contributed by atoms with van der Waals surface area (Å²) in [7, 11) is 0. The third-order valence-electron chi connectivity index (χ3n) is 2.11. The molecule has 0 unspecified atom stereocenters. The van der Waals surface area contributed by atoms with Crippen LogP contribution in [-0.4, -0.2) is 12.7 Å². The molecular weight excluding hydrogens is 208 g/mol. The Morgan fingerprint density at radius 2 is 2.00 bits per heavy atom. The Morgan fingerprint density at radius 3 is 2.56 bits per heavy atom. The van der Waals surface area contributed by atoms with Gasteiger partial charge in [-0.3, -0.25) is 4.79 Å². The van der Waals surface area contributed by atoms with Crippen LogP contribution in [0.2, 0.25) is 0 Å². The Labute approximate surface area is 92.0 Å². The molecule has 4 N–H and O–H groups in total. The highest BCUT2D eigenvalue weighted by atomic mass is 16.3. The largest absolute Gasteiger partial charge is 0.449 e. The van der Waals surface area contributed by atoms with Crippen molar-refractivity contribution in [1.82, 2.24) is 0 Å². The van der Waals surface area contributed by atoms with Crippen molar-refractivity contribution in [1.29, 1.82) is 0 Å². The molecule has 0 saturated carbocycles. The Balaban J connectivity index is 0.000000606. The highest BCUT2D eigenvalue weighted by Gasteiger charge is 2.15. The summed E-state index contributed by atoms with van der Waals surface area (Å²) in [4.78, 5) is 18.9. The minimum Gasteiger partial charge on any atom is -0.449 e. The van der Waals surface area contributed by atoms with Gasteiger partial charge < -0.3 is 20.7 Å². The third kappa shape index (κ3) is 1.88. The first kappa shape index (κ1) is 11.8. The molecule has 0 bridgehead atoms.